The van der Waals surface area contributed by atoms with E-state index in [0.29, 0.717) is 17.3 Å². The van der Waals surface area contributed by atoms with Crippen LogP contribution in [0.3, 0.4) is 0 Å². The fourth-order valence-electron chi connectivity index (χ4n) is 7.54. The number of fused-ring (bicyclic) bond motifs is 3. The zero-order chi connectivity index (χ0) is 38.3. The molecule has 10 rings (SSSR count). The average Bonchev–Trinajstić information content (AvgIpc) is 3.59. The molecule has 0 amide bonds. The molecule has 0 unspecified atom stereocenters. The summed E-state index contributed by atoms with van der Waals surface area (Å²) in [5.41, 5.74) is 13.2. The van der Waals surface area contributed by atoms with Crippen LogP contribution < -0.4 is 0 Å². The summed E-state index contributed by atoms with van der Waals surface area (Å²) in [6.07, 6.45) is 0. The number of hydrogen-bond donors (Lipinski definition) is 0. The van der Waals surface area contributed by atoms with Gasteiger partial charge < -0.3 is 0 Å². The summed E-state index contributed by atoms with van der Waals surface area (Å²) in [7, 11) is 0. The molecule has 4 aromatic heterocycles. The van der Waals surface area contributed by atoms with Gasteiger partial charge in [-0.25, -0.2) is 24.9 Å². The van der Waals surface area contributed by atoms with Gasteiger partial charge in [-0.05, 0) is 62.4 Å². The molecule has 6 aromatic carbocycles. The van der Waals surface area contributed by atoms with Gasteiger partial charge in [-0.15, -0.1) is 0 Å². The molecule has 0 saturated heterocycles. The highest BCUT2D eigenvalue weighted by Crippen LogP contribution is 2.36. The molecular weight excluding hydrogens is 697 g/mol. The predicted molar refractivity (Wildman–Crippen MR) is 232 cm³/mol. The molecule has 0 spiro atoms. The molecule has 4 heterocycles. The van der Waals surface area contributed by atoms with Crippen molar-refractivity contribution >= 4 is 21.8 Å². The summed E-state index contributed by atoms with van der Waals surface area (Å²) in [6, 6.07) is 62.4. The highest BCUT2D eigenvalue weighted by atomic mass is 15.1. The number of benzene rings is 6. The van der Waals surface area contributed by atoms with Gasteiger partial charge >= 0.3 is 0 Å². The van der Waals surface area contributed by atoms with Crippen LogP contribution in [0.25, 0.3) is 95.6 Å². The Bertz CT molecular complexity index is 2750. The first kappa shape index (κ1) is 34.0. The summed E-state index contributed by atoms with van der Waals surface area (Å²) in [4.78, 5) is 26.3. The first-order chi connectivity index (χ1) is 28.0. The number of aryl methyl sites for hydroxylation is 2. The molecule has 0 aliphatic carbocycles. The summed E-state index contributed by atoms with van der Waals surface area (Å²) < 4.78 is 2.24. The lowest BCUT2D eigenvalue weighted by molar-refractivity contribution is 1.06. The van der Waals surface area contributed by atoms with E-state index >= 15 is 0 Å². The molecule has 0 bridgehead atoms. The molecule has 0 saturated carbocycles. The Morgan fingerprint density at radius 2 is 0.702 bits per heavy atom. The van der Waals surface area contributed by atoms with Crippen molar-refractivity contribution in [2.75, 3.05) is 0 Å². The van der Waals surface area contributed by atoms with Crippen molar-refractivity contribution in [1.82, 2.24) is 29.5 Å². The van der Waals surface area contributed by atoms with Crippen molar-refractivity contribution in [3.05, 3.63) is 193 Å². The third-order valence-electron chi connectivity index (χ3n) is 10.3. The Morgan fingerprint density at radius 3 is 1.11 bits per heavy atom. The molecule has 0 atom stereocenters. The smallest absolute Gasteiger partial charge is 0.179 e. The normalized spacial score (nSPS) is 11.3. The molecule has 0 N–H and O–H groups in total. The van der Waals surface area contributed by atoms with E-state index < -0.39 is 0 Å². The van der Waals surface area contributed by atoms with E-state index in [0.717, 1.165) is 67.4 Å². The van der Waals surface area contributed by atoms with E-state index in [1.807, 2.05) is 78.9 Å². The minimum absolute atomic E-state index is 0.508. The average molecular weight is 733 g/mol. The van der Waals surface area contributed by atoms with Crippen LogP contribution in [-0.4, -0.2) is 29.5 Å². The highest BCUT2D eigenvalue weighted by molar-refractivity contribution is 6.09. The van der Waals surface area contributed by atoms with Crippen LogP contribution in [0.1, 0.15) is 11.1 Å². The molecule has 57 heavy (non-hydrogen) atoms. The molecule has 6 nitrogen and oxygen atoms in total. The van der Waals surface area contributed by atoms with E-state index in [2.05, 4.69) is 122 Å². The monoisotopic (exact) mass is 732 g/mol. The molecule has 0 radical (unpaired) electrons. The standard InChI is InChI=1S/C51H36N6/c1-33-23-25-47-40(27-33)41-28-34(2)24-26-48(41)57(47)49-30-39(50-53-42(35-15-7-3-8-16-35)31-43(54-50)36-17-9-4-10-18-36)29-46(52-49)51-55-44(37-19-11-5-12-20-37)32-45(56-51)38-21-13-6-14-22-38/h3-32H,1-2H3. The van der Waals surface area contributed by atoms with Crippen molar-refractivity contribution in [1.29, 1.82) is 0 Å². The second-order valence-corrected chi connectivity index (χ2v) is 14.4. The van der Waals surface area contributed by atoms with E-state index in [9.17, 15) is 0 Å². The van der Waals surface area contributed by atoms with E-state index in [-0.39, 0.29) is 0 Å². The zero-order valence-electron chi connectivity index (χ0n) is 31.5. The molecule has 10 aromatic rings. The zero-order valence-corrected chi connectivity index (χ0v) is 31.5. The largest absolute Gasteiger partial charge is 0.294 e. The molecule has 0 fully saturated rings. The van der Waals surface area contributed by atoms with Crippen molar-refractivity contribution in [2.45, 2.75) is 13.8 Å². The molecule has 6 heteroatoms. The lowest BCUT2D eigenvalue weighted by Crippen LogP contribution is -2.04. The van der Waals surface area contributed by atoms with Crippen molar-refractivity contribution < 1.29 is 0 Å². The minimum atomic E-state index is 0.508. The van der Waals surface area contributed by atoms with Crippen LogP contribution in [0.15, 0.2) is 182 Å². The van der Waals surface area contributed by atoms with Crippen LogP contribution in [0, 0.1) is 13.8 Å². The summed E-state index contributed by atoms with van der Waals surface area (Å²) >= 11 is 0. The van der Waals surface area contributed by atoms with Gasteiger partial charge in [-0.3, -0.25) is 4.57 Å². The third-order valence-corrected chi connectivity index (χ3v) is 10.3. The van der Waals surface area contributed by atoms with E-state index in [1.165, 1.54) is 21.9 Å². The first-order valence-corrected chi connectivity index (χ1v) is 19.1. The van der Waals surface area contributed by atoms with Crippen LogP contribution in [0.5, 0.6) is 0 Å². The maximum atomic E-state index is 5.43. The van der Waals surface area contributed by atoms with Gasteiger partial charge in [0, 0.05) is 38.6 Å². The molecular formula is C51H36N6. The van der Waals surface area contributed by atoms with Crippen molar-refractivity contribution in [3.8, 4) is 73.8 Å². The van der Waals surface area contributed by atoms with Crippen molar-refractivity contribution in [3.63, 3.8) is 0 Å². The second-order valence-electron chi connectivity index (χ2n) is 14.4. The third kappa shape index (κ3) is 6.53. The van der Waals surface area contributed by atoms with Gasteiger partial charge in [0.2, 0.25) is 0 Å². The van der Waals surface area contributed by atoms with Gasteiger partial charge in [0.1, 0.15) is 11.5 Å². The summed E-state index contributed by atoms with van der Waals surface area (Å²) in [5, 5.41) is 2.34. The Hall–Kier alpha value is -7.57. The van der Waals surface area contributed by atoms with Crippen LogP contribution in [0.4, 0.5) is 0 Å². The molecule has 270 valence electrons. The van der Waals surface area contributed by atoms with E-state index in [1.54, 1.807) is 0 Å². The van der Waals surface area contributed by atoms with Crippen molar-refractivity contribution in [2.24, 2.45) is 0 Å². The lowest BCUT2D eigenvalue weighted by atomic mass is 10.1. The number of hydrogen-bond acceptors (Lipinski definition) is 5. The summed E-state index contributed by atoms with van der Waals surface area (Å²) in [6.45, 7) is 4.27. The van der Waals surface area contributed by atoms with Gasteiger partial charge in [-0.1, -0.05) is 145 Å². The van der Waals surface area contributed by atoms with Crippen LogP contribution in [-0.2, 0) is 0 Å². The van der Waals surface area contributed by atoms with Gasteiger partial charge in [0.05, 0.1) is 33.8 Å². The maximum Gasteiger partial charge on any atom is 0.179 e. The Kier molecular flexibility index (Phi) is 8.49. The highest BCUT2D eigenvalue weighted by Gasteiger charge is 2.20. The molecule has 0 aliphatic heterocycles. The number of pyridine rings is 1. The Labute approximate surface area is 330 Å². The first-order valence-electron chi connectivity index (χ1n) is 19.1. The Balaban J connectivity index is 1.28. The number of nitrogens with zero attached hydrogens (tertiary/aromatic N) is 6. The minimum Gasteiger partial charge on any atom is -0.294 e. The molecule has 0 aliphatic rings. The fourth-order valence-corrected chi connectivity index (χ4v) is 7.54. The Morgan fingerprint density at radius 1 is 0.316 bits per heavy atom. The van der Waals surface area contributed by atoms with E-state index in [4.69, 9.17) is 24.9 Å². The second kappa shape index (κ2) is 14.3. The topological polar surface area (TPSA) is 69.4 Å². The summed E-state index contributed by atoms with van der Waals surface area (Å²) in [5.74, 6) is 1.81. The quantitative estimate of drug-likeness (QED) is 0.163. The van der Waals surface area contributed by atoms with Gasteiger partial charge in [-0.2, -0.15) is 0 Å². The maximum absolute atomic E-state index is 5.43. The van der Waals surface area contributed by atoms with Gasteiger partial charge in [0.15, 0.2) is 11.6 Å². The number of aromatic nitrogens is 6. The van der Waals surface area contributed by atoms with Crippen LogP contribution >= 0.6 is 0 Å². The lowest BCUT2D eigenvalue weighted by Gasteiger charge is -2.14. The number of rotatable bonds is 7. The predicted octanol–water partition coefficient (Wildman–Crippen LogP) is 12.4. The SMILES string of the molecule is Cc1ccc2c(c1)c1cc(C)ccc1n2-c1cc(-c2nc(-c3ccccc3)cc(-c3ccccc3)n2)cc(-c2nc(-c3ccccc3)cc(-c3ccccc3)n2)n1. The fraction of sp³-hybridized carbons (Fsp3) is 0.0392. The van der Waals surface area contributed by atoms with Crippen LogP contribution in [0.2, 0.25) is 0 Å². The van der Waals surface area contributed by atoms with Gasteiger partial charge in [0.25, 0.3) is 0 Å².